The third-order valence-electron chi connectivity index (χ3n) is 4.65. The normalized spacial score (nSPS) is 27.6. The minimum atomic E-state index is -0.142. The minimum Gasteiger partial charge on any atom is -0.311 e. The lowest BCUT2D eigenvalue weighted by molar-refractivity contribution is 0.217. The number of benzene rings is 1. The van der Waals surface area contributed by atoms with Gasteiger partial charge in [-0.3, -0.25) is 0 Å². The lowest BCUT2D eigenvalue weighted by Crippen LogP contribution is -2.47. The summed E-state index contributed by atoms with van der Waals surface area (Å²) in [5.74, 6) is 0.676. The fourth-order valence-electron chi connectivity index (χ4n) is 3.12. The van der Waals surface area contributed by atoms with Crippen molar-refractivity contribution >= 4 is 0 Å². The molecule has 1 aromatic rings. The van der Waals surface area contributed by atoms with Gasteiger partial charge in [0, 0.05) is 17.5 Å². The molecule has 0 unspecified atom stereocenters. The molecule has 1 nitrogen and oxygen atoms in total. The second-order valence-corrected chi connectivity index (χ2v) is 7.57. The van der Waals surface area contributed by atoms with Crippen LogP contribution >= 0.6 is 0 Å². The van der Waals surface area contributed by atoms with Gasteiger partial charge in [-0.25, -0.2) is 4.39 Å². The Morgan fingerprint density at radius 1 is 1.15 bits per heavy atom. The Balaban J connectivity index is 2.22. The van der Waals surface area contributed by atoms with Gasteiger partial charge in [0.25, 0.3) is 0 Å². The number of nitrogens with one attached hydrogen (secondary N) is 1. The van der Waals surface area contributed by atoms with Crippen molar-refractivity contribution in [2.75, 3.05) is 6.54 Å². The Labute approximate surface area is 123 Å². The summed E-state index contributed by atoms with van der Waals surface area (Å²) in [4.78, 5) is 0. The minimum absolute atomic E-state index is 0.121. The maximum absolute atomic E-state index is 13.2. The first-order valence-electron chi connectivity index (χ1n) is 7.82. The predicted molar refractivity (Wildman–Crippen MR) is 83.5 cm³/mol. The first kappa shape index (κ1) is 15.5. The highest BCUT2D eigenvalue weighted by molar-refractivity contribution is 5.27. The molecular formula is C18H28FN. The molecule has 0 heterocycles. The van der Waals surface area contributed by atoms with Crippen molar-refractivity contribution in [3.63, 3.8) is 0 Å². The molecule has 1 fully saturated rings. The van der Waals surface area contributed by atoms with Gasteiger partial charge in [0.05, 0.1) is 0 Å². The maximum Gasteiger partial charge on any atom is 0.123 e. The standard InChI is InChI=1S/C18H28FN/c1-14-9-11-18(12-10-14,13-20-17(2,3)4)15-5-7-16(19)8-6-15/h5-8,14,20H,9-13H2,1-4H3. The second kappa shape index (κ2) is 5.85. The van der Waals surface area contributed by atoms with Gasteiger partial charge in [0.2, 0.25) is 0 Å². The van der Waals surface area contributed by atoms with Gasteiger partial charge in [-0.1, -0.05) is 19.1 Å². The van der Waals surface area contributed by atoms with E-state index in [2.05, 4.69) is 33.0 Å². The van der Waals surface area contributed by atoms with E-state index in [9.17, 15) is 4.39 Å². The Hall–Kier alpha value is -0.890. The Morgan fingerprint density at radius 3 is 2.20 bits per heavy atom. The van der Waals surface area contributed by atoms with E-state index in [1.165, 1.54) is 31.2 Å². The summed E-state index contributed by atoms with van der Waals surface area (Å²) in [6.45, 7) is 9.94. The van der Waals surface area contributed by atoms with Crippen LogP contribution in [0.1, 0.15) is 58.9 Å². The quantitative estimate of drug-likeness (QED) is 0.847. The Morgan fingerprint density at radius 2 is 1.70 bits per heavy atom. The molecule has 1 saturated carbocycles. The van der Waals surface area contributed by atoms with Crippen molar-refractivity contribution in [3.05, 3.63) is 35.6 Å². The van der Waals surface area contributed by atoms with Crippen molar-refractivity contribution in [2.45, 2.75) is 64.3 Å². The van der Waals surface area contributed by atoms with Gasteiger partial charge >= 0.3 is 0 Å². The molecule has 0 atom stereocenters. The van der Waals surface area contributed by atoms with Crippen molar-refractivity contribution in [1.82, 2.24) is 5.32 Å². The lowest BCUT2D eigenvalue weighted by atomic mass is 9.66. The second-order valence-electron chi connectivity index (χ2n) is 7.57. The van der Waals surface area contributed by atoms with Gasteiger partial charge in [0.15, 0.2) is 0 Å². The van der Waals surface area contributed by atoms with Crippen molar-refractivity contribution in [2.24, 2.45) is 5.92 Å². The largest absolute Gasteiger partial charge is 0.311 e. The molecule has 1 aliphatic rings. The van der Waals surface area contributed by atoms with E-state index in [1.807, 2.05) is 12.1 Å². The molecule has 2 heteroatoms. The van der Waals surface area contributed by atoms with Crippen LogP contribution < -0.4 is 5.32 Å². The third-order valence-corrected chi connectivity index (χ3v) is 4.65. The molecule has 1 aliphatic carbocycles. The summed E-state index contributed by atoms with van der Waals surface area (Å²) in [7, 11) is 0. The Bertz CT molecular complexity index is 422. The maximum atomic E-state index is 13.2. The van der Waals surface area contributed by atoms with E-state index in [-0.39, 0.29) is 16.8 Å². The molecule has 0 amide bonds. The highest BCUT2D eigenvalue weighted by Crippen LogP contribution is 2.41. The monoisotopic (exact) mass is 277 g/mol. The molecule has 0 radical (unpaired) electrons. The zero-order valence-corrected chi connectivity index (χ0v) is 13.3. The summed E-state index contributed by atoms with van der Waals surface area (Å²) in [6.07, 6.45) is 4.93. The topological polar surface area (TPSA) is 12.0 Å². The van der Waals surface area contributed by atoms with E-state index in [0.29, 0.717) is 0 Å². The number of rotatable bonds is 3. The fourth-order valence-corrected chi connectivity index (χ4v) is 3.12. The molecule has 20 heavy (non-hydrogen) atoms. The van der Waals surface area contributed by atoms with Gasteiger partial charge in [-0.15, -0.1) is 0 Å². The van der Waals surface area contributed by atoms with E-state index in [0.717, 1.165) is 12.5 Å². The van der Waals surface area contributed by atoms with Crippen LogP contribution in [0.4, 0.5) is 4.39 Å². The SMILES string of the molecule is CC1CCC(CNC(C)(C)C)(c2ccc(F)cc2)CC1. The first-order valence-corrected chi connectivity index (χ1v) is 7.82. The summed E-state index contributed by atoms with van der Waals surface area (Å²) in [5, 5.41) is 3.67. The van der Waals surface area contributed by atoms with Crippen molar-refractivity contribution in [3.8, 4) is 0 Å². The number of hydrogen-bond donors (Lipinski definition) is 1. The van der Waals surface area contributed by atoms with Crippen LogP contribution in [0.2, 0.25) is 0 Å². The molecule has 0 aromatic heterocycles. The van der Waals surface area contributed by atoms with Crippen LogP contribution in [-0.2, 0) is 5.41 Å². The molecule has 1 N–H and O–H groups in total. The fraction of sp³-hybridized carbons (Fsp3) is 0.667. The molecule has 0 spiro atoms. The molecule has 0 aliphatic heterocycles. The van der Waals surface area contributed by atoms with E-state index >= 15 is 0 Å². The molecule has 0 saturated heterocycles. The van der Waals surface area contributed by atoms with Crippen LogP contribution in [0.25, 0.3) is 0 Å². The molecule has 112 valence electrons. The lowest BCUT2D eigenvalue weighted by Gasteiger charge is -2.42. The molecule has 0 bridgehead atoms. The van der Waals surface area contributed by atoms with E-state index in [1.54, 1.807) is 12.1 Å². The van der Waals surface area contributed by atoms with Gasteiger partial charge < -0.3 is 5.32 Å². The molecule has 2 rings (SSSR count). The van der Waals surface area contributed by atoms with Crippen LogP contribution in [0.3, 0.4) is 0 Å². The van der Waals surface area contributed by atoms with Crippen LogP contribution in [-0.4, -0.2) is 12.1 Å². The molecular weight excluding hydrogens is 249 g/mol. The predicted octanol–water partition coefficient (Wildman–Crippen LogP) is 4.66. The summed E-state index contributed by atoms with van der Waals surface area (Å²) in [6, 6.07) is 7.17. The molecule has 1 aromatic carbocycles. The van der Waals surface area contributed by atoms with E-state index in [4.69, 9.17) is 0 Å². The average molecular weight is 277 g/mol. The highest BCUT2D eigenvalue weighted by Gasteiger charge is 2.36. The van der Waals surface area contributed by atoms with Gasteiger partial charge in [-0.2, -0.15) is 0 Å². The average Bonchev–Trinajstić information content (AvgIpc) is 2.39. The van der Waals surface area contributed by atoms with Crippen LogP contribution in [0.15, 0.2) is 24.3 Å². The van der Waals surface area contributed by atoms with E-state index < -0.39 is 0 Å². The van der Waals surface area contributed by atoms with Gasteiger partial charge in [-0.05, 0) is 70.1 Å². The summed E-state index contributed by atoms with van der Waals surface area (Å²) < 4.78 is 13.2. The zero-order chi connectivity index (χ0) is 14.8. The summed E-state index contributed by atoms with van der Waals surface area (Å²) in [5.41, 5.74) is 1.59. The smallest absolute Gasteiger partial charge is 0.123 e. The first-order chi connectivity index (χ1) is 9.31. The summed E-state index contributed by atoms with van der Waals surface area (Å²) >= 11 is 0. The Kier molecular flexibility index (Phi) is 4.53. The van der Waals surface area contributed by atoms with Crippen molar-refractivity contribution in [1.29, 1.82) is 0 Å². The van der Waals surface area contributed by atoms with Crippen LogP contribution in [0.5, 0.6) is 0 Å². The number of halogens is 1. The van der Waals surface area contributed by atoms with Gasteiger partial charge in [0.1, 0.15) is 5.82 Å². The zero-order valence-electron chi connectivity index (χ0n) is 13.3. The number of hydrogen-bond acceptors (Lipinski definition) is 1. The highest BCUT2D eigenvalue weighted by atomic mass is 19.1. The van der Waals surface area contributed by atoms with Crippen LogP contribution in [0, 0.1) is 11.7 Å². The third kappa shape index (κ3) is 3.82. The van der Waals surface area contributed by atoms with Crippen molar-refractivity contribution < 1.29 is 4.39 Å².